The van der Waals surface area contributed by atoms with Crippen LogP contribution in [0.4, 0.5) is 0 Å². The Kier molecular flexibility index (Phi) is 3.43. The van der Waals surface area contributed by atoms with E-state index in [-0.39, 0.29) is 16.9 Å². The maximum atomic E-state index is 12.3. The molecular weight excluding hydrogens is 276 g/mol. The SMILES string of the molecule is CCn1cc(S(=O)(=O)NCC2(C3CC3)CC2)cc1CO. The van der Waals surface area contributed by atoms with Crippen LogP contribution in [0, 0.1) is 11.3 Å². The maximum absolute atomic E-state index is 12.3. The van der Waals surface area contributed by atoms with Gasteiger partial charge in [-0.3, -0.25) is 0 Å². The van der Waals surface area contributed by atoms with E-state index < -0.39 is 10.0 Å². The van der Waals surface area contributed by atoms with Gasteiger partial charge in [0.05, 0.1) is 11.5 Å². The molecule has 6 heteroatoms. The maximum Gasteiger partial charge on any atom is 0.242 e. The quantitative estimate of drug-likeness (QED) is 0.801. The zero-order chi connectivity index (χ0) is 14.4. The van der Waals surface area contributed by atoms with E-state index in [9.17, 15) is 13.5 Å². The van der Waals surface area contributed by atoms with Crippen LogP contribution in [0.25, 0.3) is 0 Å². The minimum atomic E-state index is -3.46. The highest BCUT2D eigenvalue weighted by Crippen LogP contribution is 2.60. The summed E-state index contributed by atoms with van der Waals surface area (Å²) < 4.78 is 29.2. The molecule has 0 saturated heterocycles. The van der Waals surface area contributed by atoms with Crippen molar-refractivity contribution in [1.29, 1.82) is 0 Å². The van der Waals surface area contributed by atoms with E-state index in [4.69, 9.17) is 0 Å². The summed E-state index contributed by atoms with van der Waals surface area (Å²) in [6.45, 7) is 2.99. The molecule has 2 fully saturated rings. The van der Waals surface area contributed by atoms with Gasteiger partial charge in [0.15, 0.2) is 0 Å². The molecule has 0 unspecified atom stereocenters. The topological polar surface area (TPSA) is 71.3 Å². The molecule has 5 nitrogen and oxygen atoms in total. The van der Waals surface area contributed by atoms with Crippen LogP contribution in [0.1, 0.15) is 38.3 Å². The minimum absolute atomic E-state index is 0.143. The van der Waals surface area contributed by atoms with Crippen molar-refractivity contribution in [3.05, 3.63) is 18.0 Å². The Bertz CT molecular complexity index is 576. The largest absolute Gasteiger partial charge is 0.390 e. The number of aliphatic hydroxyl groups is 1. The molecule has 0 bridgehead atoms. The second kappa shape index (κ2) is 4.86. The predicted molar refractivity (Wildman–Crippen MR) is 75.6 cm³/mol. The lowest BCUT2D eigenvalue weighted by Gasteiger charge is -2.14. The van der Waals surface area contributed by atoms with Crippen LogP contribution in [-0.4, -0.2) is 24.6 Å². The fourth-order valence-corrected chi connectivity index (χ4v) is 4.21. The average molecular weight is 298 g/mol. The van der Waals surface area contributed by atoms with Crippen molar-refractivity contribution < 1.29 is 13.5 Å². The van der Waals surface area contributed by atoms with E-state index in [1.165, 1.54) is 12.8 Å². The monoisotopic (exact) mass is 298 g/mol. The number of nitrogens with one attached hydrogen (secondary N) is 1. The molecule has 2 aliphatic rings. The van der Waals surface area contributed by atoms with Gasteiger partial charge in [-0.25, -0.2) is 13.1 Å². The van der Waals surface area contributed by atoms with E-state index in [2.05, 4.69) is 4.72 Å². The van der Waals surface area contributed by atoms with Crippen LogP contribution in [-0.2, 0) is 23.2 Å². The lowest BCUT2D eigenvalue weighted by atomic mass is 10.0. The van der Waals surface area contributed by atoms with E-state index in [1.54, 1.807) is 16.8 Å². The van der Waals surface area contributed by atoms with E-state index in [0.29, 0.717) is 18.8 Å². The number of aliphatic hydroxyl groups excluding tert-OH is 1. The zero-order valence-corrected chi connectivity index (χ0v) is 12.6. The molecule has 3 rings (SSSR count). The van der Waals surface area contributed by atoms with Gasteiger partial charge >= 0.3 is 0 Å². The predicted octanol–water partition coefficient (Wildman–Crippen LogP) is 1.47. The summed E-state index contributed by atoms with van der Waals surface area (Å²) >= 11 is 0. The second-order valence-corrected chi connectivity index (χ2v) is 7.84. The van der Waals surface area contributed by atoms with Crippen molar-refractivity contribution in [2.45, 2.75) is 50.7 Å². The van der Waals surface area contributed by atoms with Crippen molar-refractivity contribution in [2.75, 3.05) is 6.54 Å². The van der Waals surface area contributed by atoms with Gasteiger partial charge in [0.1, 0.15) is 0 Å². The number of hydrogen-bond donors (Lipinski definition) is 2. The normalized spacial score (nSPS) is 21.1. The van der Waals surface area contributed by atoms with Crippen LogP contribution in [0.5, 0.6) is 0 Å². The van der Waals surface area contributed by atoms with Crippen LogP contribution in [0.3, 0.4) is 0 Å². The van der Waals surface area contributed by atoms with Gasteiger partial charge < -0.3 is 9.67 Å². The Morgan fingerprint density at radius 2 is 2.15 bits per heavy atom. The summed E-state index contributed by atoms with van der Waals surface area (Å²) in [5.41, 5.74) is 0.886. The molecule has 0 spiro atoms. The minimum Gasteiger partial charge on any atom is -0.390 e. The summed E-state index contributed by atoms with van der Waals surface area (Å²) in [5.74, 6) is 0.735. The van der Waals surface area contributed by atoms with Crippen LogP contribution in [0.2, 0.25) is 0 Å². The Labute approximate surface area is 120 Å². The van der Waals surface area contributed by atoms with Gasteiger partial charge in [-0.05, 0) is 50.0 Å². The third kappa shape index (κ3) is 2.52. The lowest BCUT2D eigenvalue weighted by Crippen LogP contribution is -2.31. The standard InChI is InChI=1S/C14H22N2O3S/c1-2-16-8-13(7-12(16)9-17)20(18,19)15-10-14(5-6-14)11-3-4-11/h7-8,11,15,17H,2-6,9-10H2,1H3. The van der Waals surface area contributed by atoms with Crippen LogP contribution in [0.15, 0.2) is 17.2 Å². The van der Waals surface area contributed by atoms with Crippen molar-refractivity contribution in [2.24, 2.45) is 11.3 Å². The fraction of sp³-hybridized carbons (Fsp3) is 0.714. The highest BCUT2D eigenvalue weighted by molar-refractivity contribution is 7.89. The van der Waals surface area contributed by atoms with Gasteiger partial charge in [-0.1, -0.05) is 0 Å². The molecule has 20 heavy (non-hydrogen) atoms. The third-order valence-corrected chi connectivity index (χ3v) is 6.09. The molecule has 0 aromatic carbocycles. The van der Waals surface area contributed by atoms with E-state index in [0.717, 1.165) is 18.8 Å². The summed E-state index contributed by atoms with van der Waals surface area (Å²) in [4.78, 5) is 0.259. The molecular formula is C14H22N2O3S. The van der Waals surface area contributed by atoms with E-state index in [1.807, 2.05) is 6.92 Å². The zero-order valence-electron chi connectivity index (χ0n) is 11.8. The lowest BCUT2D eigenvalue weighted by molar-refractivity contribution is 0.271. The molecule has 2 aliphatic carbocycles. The molecule has 2 saturated carbocycles. The van der Waals surface area contributed by atoms with Gasteiger partial charge in [0.25, 0.3) is 0 Å². The Balaban J connectivity index is 1.72. The molecule has 1 aromatic heterocycles. The highest BCUT2D eigenvalue weighted by atomic mass is 32.2. The number of rotatable bonds is 7. The number of aryl methyl sites for hydroxylation is 1. The number of sulfonamides is 1. The molecule has 0 amide bonds. The van der Waals surface area contributed by atoms with Gasteiger partial charge in [-0.2, -0.15) is 0 Å². The Morgan fingerprint density at radius 3 is 2.60 bits per heavy atom. The fourth-order valence-electron chi connectivity index (χ4n) is 3.01. The molecule has 0 radical (unpaired) electrons. The van der Waals surface area contributed by atoms with Crippen molar-refractivity contribution in [1.82, 2.24) is 9.29 Å². The number of nitrogens with zero attached hydrogens (tertiary/aromatic N) is 1. The highest BCUT2D eigenvalue weighted by Gasteiger charge is 2.53. The summed E-state index contributed by atoms with van der Waals surface area (Å²) in [7, 11) is -3.46. The molecule has 1 aromatic rings. The summed E-state index contributed by atoms with van der Waals surface area (Å²) in [6, 6.07) is 1.56. The molecule has 112 valence electrons. The van der Waals surface area contributed by atoms with Crippen molar-refractivity contribution in [3.8, 4) is 0 Å². The molecule has 2 N–H and O–H groups in total. The first kappa shape index (κ1) is 14.1. The first-order chi connectivity index (χ1) is 9.51. The van der Waals surface area contributed by atoms with Crippen molar-refractivity contribution >= 4 is 10.0 Å². The Hall–Kier alpha value is -0.850. The molecule has 1 heterocycles. The molecule has 0 aliphatic heterocycles. The van der Waals surface area contributed by atoms with Gasteiger partial charge in [0.2, 0.25) is 10.0 Å². The summed E-state index contributed by atoms with van der Waals surface area (Å²) in [5, 5.41) is 9.24. The second-order valence-electron chi connectivity index (χ2n) is 6.07. The van der Waals surface area contributed by atoms with Crippen molar-refractivity contribution in [3.63, 3.8) is 0 Å². The van der Waals surface area contributed by atoms with Gasteiger partial charge in [0, 0.05) is 25.0 Å². The van der Waals surface area contributed by atoms with Gasteiger partial charge in [-0.15, -0.1) is 0 Å². The summed E-state index contributed by atoms with van der Waals surface area (Å²) in [6.07, 6.45) is 6.41. The van der Waals surface area contributed by atoms with Crippen LogP contribution < -0.4 is 4.72 Å². The Morgan fingerprint density at radius 1 is 1.45 bits per heavy atom. The first-order valence-corrected chi connectivity index (χ1v) is 8.79. The number of aromatic nitrogens is 1. The average Bonchev–Trinajstić information content (AvgIpc) is 3.32. The van der Waals surface area contributed by atoms with E-state index >= 15 is 0 Å². The van der Waals surface area contributed by atoms with Crippen LogP contribution >= 0.6 is 0 Å². The molecule has 0 atom stereocenters. The third-order valence-electron chi connectivity index (χ3n) is 4.72. The first-order valence-electron chi connectivity index (χ1n) is 7.30. The number of hydrogen-bond acceptors (Lipinski definition) is 3. The smallest absolute Gasteiger partial charge is 0.242 e.